The largest absolute Gasteiger partial charge is 0.464 e. The lowest BCUT2D eigenvalue weighted by molar-refractivity contribution is 0.596. The van der Waals surface area contributed by atoms with E-state index in [0.717, 1.165) is 22.1 Å². The fourth-order valence-electron chi connectivity index (χ4n) is 2.62. The van der Waals surface area contributed by atoms with Crippen molar-refractivity contribution in [1.82, 2.24) is 5.32 Å². The molecule has 1 heterocycles. The lowest BCUT2D eigenvalue weighted by Gasteiger charge is -2.16. The van der Waals surface area contributed by atoms with Crippen LogP contribution in [0.3, 0.4) is 0 Å². The summed E-state index contributed by atoms with van der Waals surface area (Å²) >= 11 is 0. The normalized spacial score (nSPS) is 12.7. The van der Waals surface area contributed by atoms with Crippen molar-refractivity contribution in [3.05, 3.63) is 71.5 Å². The number of hydrogen-bond donors (Lipinski definition) is 2. The number of nitrogens with two attached hydrogens (primary N) is 1. The van der Waals surface area contributed by atoms with Gasteiger partial charge < -0.3 is 15.5 Å². The van der Waals surface area contributed by atoms with Gasteiger partial charge in [-0.3, -0.25) is 0 Å². The maximum atomic E-state index is 5.73. The second-order valence-electron chi connectivity index (χ2n) is 4.86. The van der Waals surface area contributed by atoms with E-state index in [-0.39, 0.29) is 6.04 Å². The molecule has 102 valence electrons. The van der Waals surface area contributed by atoms with E-state index in [1.807, 2.05) is 43.6 Å². The van der Waals surface area contributed by atoms with Crippen molar-refractivity contribution in [3.63, 3.8) is 0 Å². The van der Waals surface area contributed by atoms with Gasteiger partial charge >= 0.3 is 0 Å². The van der Waals surface area contributed by atoms with Gasteiger partial charge in [0, 0.05) is 17.5 Å². The first-order valence-corrected chi connectivity index (χ1v) is 6.76. The van der Waals surface area contributed by atoms with Crippen molar-refractivity contribution in [2.45, 2.75) is 12.6 Å². The molecule has 3 heteroatoms. The monoisotopic (exact) mass is 266 g/mol. The number of rotatable bonds is 4. The summed E-state index contributed by atoms with van der Waals surface area (Å²) in [7, 11) is 1.96. The first-order chi connectivity index (χ1) is 9.83. The average molecular weight is 266 g/mol. The Hall–Kier alpha value is -2.10. The minimum Gasteiger partial charge on any atom is -0.464 e. The number of fused-ring (bicyclic) bond motifs is 1. The van der Waals surface area contributed by atoms with E-state index in [0.29, 0.717) is 6.54 Å². The molecule has 0 aliphatic carbocycles. The Morgan fingerprint density at radius 1 is 1.15 bits per heavy atom. The van der Waals surface area contributed by atoms with E-state index >= 15 is 0 Å². The lowest BCUT2D eigenvalue weighted by Crippen LogP contribution is -2.17. The summed E-state index contributed by atoms with van der Waals surface area (Å²) in [4.78, 5) is 0. The van der Waals surface area contributed by atoms with Gasteiger partial charge in [-0.05, 0) is 24.2 Å². The number of nitrogens with one attached hydrogen (secondary N) is 1. The number of furan rings is 1. The number of hydrogen-bond acceptors (Lipinski definition) is 3. The molecule has 0 fully saturated rings. The Morgan fingerprint density at radius 2 is 2.00 bits per heavy atom. The molecule has 3 N–H and O–H groups in total. The topological polar surface area (TPSA) is 51.2 Å². The van der Waals surface area contributed by atoms with E-state index in [4.69, 9.17) is 10.2 Å². The fourth-order valence-corrected chi connectivity index (χ4v) is 2.62. The summed E-state index contributed by atoms with van der Waals surface area (Å²) in [5.74, 6) is 0. The van der Waals surface area contributed by atoms with E-state index in [1.54, 1.807) is 0 Å². The molecule has 3 nitrogen and oxygen atoms in total. The minimum atomic E-state index is 0.102. The Kier molecular flexibility index (Phi) is 3.54. The van der Waals surface area contributed by atoms with Crippen LogP contribution in [-0.2, 0) is 6.54 Å². The summed E-state index contributed by atoms with van der Waals surface area (Å²) in [6, 6.07) is 16.5. The Balaban J connectivity index is 2.09. The molecule has 20 heavy (non-hydrogen) atoms. The van der Waals surface area contributed by atoms with Crippen LogP contribution in [0.2, 0.25) is 0 Å². The van der Waals surface area contributed by atoms with Crippen molar-refractivity contribution in [2.75, 3.05) is 7.05 Å². The third-order valence-electron chi connectivity index (χ3n) is 3.63. The highest BCUT2D eigenvalue weighted by atomic mass is 16.3. The van der Waals surface area contributed by atoms with Crippen LogP contribution in [0.5, 0.6) is 0 Å². The van der Waals surface area contributed by atoms with Gasteiger partial charge in [0.2, 0.25) is 0 Å². The zero-order valence-corrected chi connectivity index (χ0v) is 11.5. The van der Waals surface area contributed by atoms with Crippen LogP contribution in [0.15, 0.2) is 59.2 Å². The van der Waals surface area contributed by atoms with Gasteiger partial charge in [0.25, 0.3) is 0 Å². The molecule has 0 amide bonds. The summed E-state index contributed by atoms with van der Waals surface area (Å²) in [6.07, 6.45) is 1.83. The van der Waals surface area contributed by atoms with Gasteiger partial charge in [-0.15, -0.1) is 0 Å². The molecule has 0 saturated heterocycles. The van der Waals surface area contributed by atoms with Gasteiger partial charge in [-0.1, -0.05) is 42.5 Å². The van der Waals surface area contributed by atoms with Crippen LogP contribution >= 0.6 is 0 Å². The fraction of sp³-hybridized carbons (Fsp3) is 0.176. The minimum absolute atomic E-state index is 0.102. The molecule has 1 unspecified atom stereocenters. The highest BCUT2D eigenvalue weighted by Gasteiger charge is 2.17. The van der Waals surface area contributed by atoms with E-state index in [1.165, 1.54) is 5.56 Å². The van der Waals surface area contributed by atoms with Gasteiger partial charge in [0.05, 0.1) is 12.3 Å². The molecular weight excluding hydrogens is 248 g/mol. The van der Waals surface area contributed by atoms with Crippen molar-refractivity contribution in [1.29, 1.82) is 0 Å². The quantitative estimate of drug-likeness (QED) is 0.762. The molecule has 0 aliphatic rings. The molecule has 3 aromatic rings. The van der Waals surface area contributed by atoms with Gasteiger partial charge in [0.1, 0.15) is 5.58 Å². The summed E-state index contributed by atoms with van der Waals surface area (Å²) in [5.41, 5.74) is 10.1. The molecule has 0 spiro atoms. The van der Waals surface area contributed by atoms with E-state index in [2.05, 4.69) is 23.5 Å². The van der Waals surface area contributed by atoms with Crippen molar-refractivity contribution >= 4 is 11.0 Å². The van der Waals surface area contributed by atoms with E-state index < -0.39 is 0 Å². The molecule has 0 saturated carbocycles. The highest BCUT2D eigenvalue weighted by molar-refractivity contribution is 5.81. The highest BCUT2D eigenvalue weighted by Crippen LogP contribution is 2.30. The number of benzene rings is 2. The smallest absolute Gasteiger partial charge is 0.134 e. The second kappa shape index (κ2) is 5.49. The van der Waals surface area contributed by atoms with Crippen LogP contribution in [0, 0.1) is 0 Å². The van der Waals surface area contributed by atoms with Crippen molar-refractivity contribution in [2.24, 2.45) is 5.73 Å². The zero-order valence-electron chi connectivity index (χ0n) is 11.5. The SMILES string of the molecule is CNC(c1cccc(CN)c1)c1coc2ccccc12. The first-order valence-electron chi connectivity index (χ1n) is 6.76. The molecule has 2 aromatic carbocycles. The Morgan fingerprint density at radius 3 is 2.80 bits per heavy atom. The maximum absolute atomic E-state index is 5.73. The predicted octanol–water partition coefficient (Wildman–Crippen LogP) is 3.20. The molecular formula is C17H18N2O. The zero-order chi connectivity index (χ0) is 13.9. The third-order valence-corrected chi connectivity index (χ3v) is 3.63. The average Bonchev–Trinajstić information content (AvgIpc) is 2.93. The molecule has 1 aromatic heterocycles. The molecule has 0 aliphatic heterocycles. The third kappa shape index (κ3) is 2.22. The molecule has 0 radical (unpaired) electrons. The predicted molar refractivity (Wildman–Crippen MR) is 81.5 cm³/mol. The first kappa shape index (κ1) is 12.9. The van der Waals surface area contributed by atoms with Gasteiger partial charge in [-0.25, -0.2) is 0 Å². The Bertz CT molecular complexity index is 718. The van der Waals surface area contributed by atoms with Crippen LogP contribution < -0.4 is 11.1 Å². The number of para-hydroxylation sites is 1. The summed E-state index contributed by atoms with van der Waals surface area (Å²) in [6.45, 7) is 0.552. The van der Waals surface area contributed by atoms with Gasteiger partial charge in [-0.2, -0.15) is 0 Å². The molecule has 3 rings (SSSR count). The Labute approximate surface area is 118 Å². The van der Waals surface area contributed by atoms with Crippen molar-refractivity contribution < 1.29 is 4.42 Å². The summed E-state index contributed by atoms with van der Waals surface area (Å²) in [5, 5.41) is 4.51. The van der Waals surface area contributed by atoms with Gasteiger partial charge in [0.15, 0.2) is 0 Å². The lowest BCUT2D eigenvalue weighted by atomic mass is 9.97. The molecule has 0 bridgehead atoms. The van der Waals surface area contributed by atoms with Crippen LogP contribution in [-0.4, -0.2) is 7.05 Å². The molecule has 1 atom stereocenters. The van der Waals surface area contributed by atoms with E-state index in [9.17, 15) is 0 Å². The van der Waals surface area contributed by atoms with Crippen LogP contribution in [0.1, 0.15) is 22.7 Å². The van der Waals surface area contributed by atoms with Crippen molar-refractivity contribution in [3.8, 4) is 0 Å². The van der Waals surface area contributed by atoms with Crippen LogP contribution in [0.25, 0.3) is 11.0 Å². The maximum Gasteiger partial charge on any atom is 0.134 e. The summed E-state index contributed by atoms with van der Waals surface area (Å²) < 4.78 is 5.65. The van der Waals surface area contributed by atoms with Crippen LogP contribution in [0.4, 0.5) is 0 Å². The second-order valence-corrected chi connectivity index (χ2v) is 4.86. The standard InChI is InChI=1S/C17H18N2O/c1-19-17(13-6-4-5-12(9-13)10-18)15-11-20-16-8-3-2-7-14(15)16/h2-9,11,17,19H,10,18H2,1H3.